The van der Waals surface area contributed by atoms with E-state index in [-0.39, 0.29) is 0 Å². The number of para-hydroxylation sites is 2. The van der Waals surface area contributed by atoms with Gasteiger partial charge in [-0.3, -0.25) is 4.52 Å². The van der Waals surface area contributed by atoms with Crippen molar-refractivity contribution in [3.8, 4) is 11.5 Å². The Morgan fingerprint density at radius 2 is 1.58 bits per heavy atom. The Bertz CT molecular complexity index is 657. The smallest absolute Gasteiger partial charge is 0.395 e. The van der Waals surface area contributed by atoms with Crippen LogP contribution in [0.3, 0.4) is 0 Å². The second kappa shape index (κ2) is 9.51. The molecule has 24 heavy (non-hydrogen) atoms. The third-order valence-electron chi connectivity index (χ3n) is 3.51. The summed E-state index contributed by atoms with van der Waals surface area (Å²) < 4.78 is 29.9. The monoisotopic (exact) mass is 348 g/mol. The van der Waals surface area contributed by atoms with Crippen LogP contribution in [0, 0.1) is 6.92 Å². The SMILES string of the molecule is CCCCCCOP(=O)(Oc1ccccc1)Oc1ccccc1C. The van der Waals surface area contributed by atoms with Crippen LogP contribution in [0.1, 0.15) is 38.2 Å². The van der Waals surface area contributed by atoms with E-state index in [9.17, 15) is 4.57 Å². The molecule has 0 bridgehead atoms. The number of phosphoric acid groups is 1. The average Bonchev–Trinajstić information content (AvgIpc) is 2.58. The van der Waals surface area contributed by atoms with Crippen molar-refractivity contribution in [1.82, 2.24) is 0 Å². The van der Waals surface area contributed by atoms with Crippen molar-refractivity contribution in [2.24, 2.45) is 0 Å². The summed E-state index contributed by atoms with van der Waals surface area (Å²) in [7, 11) is -3.74. The van der Waals surface area contributed by atoms with Crippen molar-refractivity contribution in [1.29, 1.82) is 0 Å². The quantitative estimate of drug-likeness (QED) is 0.381. The summed E-state index contributed by atoms with van der Waals surface area (Å²) in [6, 6.07) is 16.3. The highest BCUT2D eigenvalue weighted by atomic mass is 31.2. The molecule has 4 nitrogen and oxygen atoms in total. The predicted octanol–water partition coefficient (Wildman–Crippen LogP) is 6.16. The van der Waals surface area contributed by atoms with Gasteiger partial charge in [0.05, 0.1) is 6.61 Å². The maximum atomic E-state index is 13.1. The first-order chi connectivity index (χ1) is 11.6. The summed E-state index contributed by atoms with van der Waals surface area (Å²) >= 11 is 0. The van der Waals surface area contributed by atoms with Crippen molar-refractivity contribution < 1.29 is 18.1 Å². The van der Waals surface area contributed by atoms with E-state index in [4.69, 9.17) is 13.6 Å². The zero-order chi connectivity index (χ0) is 17.3. The van der Waals surface area contributed by atoms with E-state index in [1.54, 1.807) is 18.2 Å². The van der Waals surface area contributed by atoms with Crippen LogP contribution in [-0.4, -0.2) is 6.61 Å². The normalized spacial score (nSPS) is 13.2. The summed E-state index contributed by atoms with van der Waals surface area (Å²) in [6.07, 6.45) is 4.13. The molecule has 130 valence electrons. The molecular weight excluding hydrogens is 323 g/mol. The minimum Gasteiger partial charge on any atom is -0.395 e. The van der Waals surface area contributed by atoms with E-state index in [0.29, 0.717) is 18.1 Å². The molecule has 0 saturated carbocycles. The standard InChI is InChI=1S/C19H25O4P/c1-3-4-5-11-16-21-24(20,22-18-13-7-6-8-14-18)23-19-15-10-9-12-17(19)2/h6-10,12-15H,3-5,11,16H2,1-2H3. The first kappa shape index (κ1) is 18.6. The summed E-state index contributed by atoms with van der Waals surface area (Å²) in [4.78, 5) is 0. The molecule has 0 N–H and O–H groups in total. The van der Waals surface area contributed by atoms with Crippen LogP contribution in [0.15, 0.2) is 54.6 Å². The van der Waals surface area contributed by atoms with E-state index in [2.05, 4.69) is 6.92 Å². The van der Waals surface area contributed by atoms with Gasteiger partial charge in [-0.05, 0) is 37.1 Å². The fourth-order valence-electron chi connectivity index (χ4n) is 2.17. The van der Waals surface area contributed by atoms with Gasteiger partial charge in [0.1, 0.15) is 11.5 Å². The third-order valence-corrected chi connectivity index (χ3v) is 4.86. The number of phosphoric ester groups is 1. The molecule has 1 atom stereocenters. The number of hydrogen-bond donors (Lipinski definition) is 0. The Morgan fingerprint density at radius 1 is 0.875 bits per heavy atom. The topological polar surface area (TPSA) is 44.8 Å². The molecule has 0 aromatic heterocycles. The average molecular weight is 348 g/mol. The summed E-state index contributed by atoms with van der Waals surface area (Å²) in [5, 5.41) is 0. The van der Waals surface area contributed by atoms with E-state index >= 15 is 0 Å². The van der Waals surface area contributed by atoms with Crippen LogP contribution in [0.4, 0.5) is 0 Å². The molecule has 0 saturated heterocycles. The van der Waals surface area contributed by atoms with Crippen LogP contribution >= 0.6 is 7.82 Å². The highest BCUT2D eigenvalue weighted by molar-refractivity contribution is 7.49. The Labute approximate surface area is 144 Å². The van der Waals surface area contributed by atoms with E-state index < -0.39 is 7.82 Å². The van der Waals surface area contributed by atoms with Gasteiger partial charge in [-0.1, -0.05) is 62.6 Å². The molecule has 0 aliphatic rings. The highest BCUT2D eigenvalue weighted by Crippen LogP contribution is 2.50. The van der Waals surface area contributed by atoms with Gasteiger partial charge < -0.3 is 9.05 Å². The minimum absolute atomic E-state index is 0.343. The number of benzene rings is 2. The molecule has 0 aliphatic carbocycles. The van der Waals surface area contributed by atoms with Crippen molar-refractivity contribution in [2.75, 3.05) is 6.61 Å². The second-order valence-corrected chi connectivity index (χ2v) is 7.12. The van der Waals surface area contributed by atoms with Gasteiger partial charge in [0.15, 0.2) is 0 Å². The van der Waals surface area contributed by atoms with E-state index in [0.717, 1.165) is 31.2 Å². The molecule has 2 aromatic carbocycles. The number of unbranched alkanes of at least 4 members (excludes halogenated alkanes) is 3. The van der Waals surface area contributed by atoms with Gasteiger partial charge in [-0.15, -0.1) is 0 Å². The molecule has 0 amide bonds. The summed E-state index contributed by atoms with van der Waals surface area (Å²) in [6.45, 7) is 4.38. The second-order valence-electron chi connectivity index (χ2n) is 5.60. The van der Waals surface area contributed by atoms with Crippen molar-refractivity contribution in [3.05, 3.63) is 60.2 Å². The molecular formula is C19H25O4P. The number of aryl methyl sites for hydroxylation is 1. The van der Waals surface area contributed by atoms with Crippen molar-refractivity contribution in [3.63, 3.8) is 0 Å². The number of hydrogen-bond acceptors (Lipinski definition) is 4. The van der Waals surface area contributed by atoms with Gasteiger partial charge in [-0.25, -0.2) is 4.57 Å². The van der Waals surface area contributed by atoms with E-state index in [1.807, 2.05) is 43.3 Å². The molecule has 2 rings (SSSR count). The lowest BCUT2D eigenvalue weighted by atomic mass is 10.2. The van der Waals surface area contributed by atoms with Gasteiger partial charge in [0.2, 0.25) is 0 Å². The largest absolute Gasteiger partial charge is 0.587 e. The Kier molecular flexibility index (Phi) is 7.36. The van der Waals surface area contributed by atoms with Gasteiger partial charge in [0.25, 0.3) is 0 Å². The zero-order valence-electron chi connectivity index (χ0n) is 14.3. The first-order valence-corrected chi connectivity index (χ1v) is 9.83. The first-order valence-electron chi connectivity index (χ1n) is 8.37. The molecule has 0 radical (unpaired) electrons. The number of rotatable bonds is 10. The lowest BCUT2D eigenvalue weighted by molar-refractivity contribution is 0.205. The highest BCUT2D eigenvalue weighted by Gasteiger charge is 2.31. The molecule has 0 heterocycles. The van der Waals surface area contributed by atoms with Crippen LogP contribution in [0.25, 0.3) is 0 Å². The van der Waals surface area contributed by atoms with Crippen molar-refractivity contribution in [2.45, 2.75) is 39.5 Å². The Balaban J connectivity index is 2.08. The molecule has 5 heteroatoms. The summed E-state index contributed by atoms with van der Waals surface area (Å²) in [5.74, 6) is 0.966. The molecule has 2 aromatic rings. The molecule has 0 spiro atoms. The summed E-state index contributed by atoms with van der Waals surface area (Å²) in [5.41, 5.74) is 0.879. The minimum atomic E-state index is -3.74. The molecule has 1 unspecified atom stereocenters. The van der Waals surface area contributed by atoms with E-state index in [1.165, 1.54) is 0 Å². The van der Waals surface area contributed by atoms with Crippen LogP contribution in [0.5, 0.6) is 11.5 Å². The molecule has 0 fully saturated rings. The van der Waals surface area contributed by atoms with Crippen molar-refractivity contribution >= 4 is 7.82 Å². The fraction of sp³-hybridized carbons (Fsp3) is 0.368. The lowest BCUT2D eigenvalue weighted by Crippen LogP contribution is -2.07. The lowest BCUT2D eigenvalue weighted by Gasteiger charge is -2.20. The zero-order valence-corrected chi connectivity index (χ0v) is 15.2. The maximum absolute atomic E-state index is 13.1. The van der Waals surface area contributed by atoms with Crippen LogP contribution in [-0.2, 0) is 9.09 Å². The van der Waals surface area contributed by atoms with Gasteiger partial charge in [-0.2, -0.15) is 0 Å². The predicted molar refractivity (Wildman–Crippen MR) is 96.6 cm³/mol. The molecule has 0 aliphatic heterocycles. The van der Waals surface area contributed by atoms with Crippen LogP contribution < -0.4 is 9.05 Å². The maximum Gasteiger partial charge on any atom is 0.587 e. The van der Waals surface area contributed by atoms with Gasteiger partial charge >= 0.3 is 7.82 Å². The Morgan fingerprint density at radius 3 is 2.29 bits per heavy atom. The fourth-order valence-corrected chi connectivity index (χ4v) is 3.49. The van der Waals surface area contributed by atoms with Crippen LogP contribution in [0.2, 0.25) is 0 Å². The Hall–Kier alpha value is -1.77. The van der Waals surface area contributed by atoms with Gasteiger partial charge in [0, 0.05) is 0 Å². The third kappa shape index (κ3) is 6.03.